The van der Waals surface area contributed by atoms with Gasteiger partial charge in [0.1, 0.15) is 54.7 Å². The summed E-state index contributed by atoms with van der Waals surface area (Å²) in [6.07, 6.45) is 5.70. The van der Waals surface area contributed by atoms with Crippen LogP contribution in [0.3, 0.4) is 0 Å². The number of piperidine rings is 3. The summed E-state index contributed by atoms with van der Waals surface area (Å²) in [4.78, 5) is 126. The Morgan fingerprint density at radius 1 is 0.434 bits per heavy atom. The minimum absolute atomic E-state index is 0. The molecule has 3 saturated heterocycles. The quantitative estimate of drug-likeness (QED) is 0.00452. The van der Waals surface area contributed by atoms with Gasteiger partial charge in [-0.2, -0.15) is 14.7 Å². The number of esters is 3. The maximum atomic E-state index is 12.9. The van der Waals surface area contributed by atoms with Gasteiger partial charge in [-0.05, 0) is 184 Å². The van der Waals surface area contributed by atoms with Crippen molar-refractivity contribution in [1.29, 1.82) is 16.8 Å². The largest absolute Gasteiger partial charge is 1.00 e. The van der Waals surface area contributed by atoms with Crippen molar-refractivity contribution < 1.29 is 126 Å². The van der Waals surface area contributed by atoms with Crippen molar-refractivity contribution in [3.63, 3.8) is 0 Å². The fourth-order valence-electron chi connectivity index (χ4n) is 10.5. The molecule has 3 heterocycles. The van der Waals surface area contributed by atoms with Crippen LogP contribution in [0.1, 0.15) is 156 Å². The standard InChI is InChI=1S/C25H31NO4.2C20H23NO2.C10H18O5.C2H2O4.CH2O3.3CH4.I2.3HNO.Na/c1-25(2,3)30-24(28)26-17-21(16-19-10-6-4-7-11-19)14-15-22(26)23(27)29-18-20-12-8-5-9-13-20;2*22-20(23-15-17-9-5-2-6-10-17)19-12-11-18(14-21-19)13-16-7-3-1-4-8-16;1-9(2,3)14-7(11)13-8(12)15-10(4,5)6;3-1(4)2(5)6;2-1-4-3;;;;4*1-2;/h4-13,21-22H,14-18H2,1-3H3;2*1-10,18-19,21H,11-15H2;1-6H3;(H,3,4)(H,5,6);1,3H;3*1H4;;3*1H;/q;;;;;;;;;;;;;+1/p-1/t21-,22-;2*18-,19-;;;;;;;;;;;/m000.........../s1. The predicted molar refractivity (Wildman–Crippen MR) is 440 cm³/mol. The van der Waals surface area contributed by atoms with Crippen LogP contribution in [0.5, 0.6) is 0 Å². The number of carbonyl (C=O) groups excluding carboxylic acids is 7. The zero-order chi connectivity index (χ0) is 82.2. The molecule has 0 bridgehead atoms. The molecule has 1 amide bonds. The molecule has 6 atom stereocenters. The molecule has 32 heteroatoms. The summed E-state index contributed by atoms with van der Waals surface area (Å²) in [6.45, 7) is 18.5. The van der Waals surface area contributed by atoms with Crippen molar-refractivity contribution >= 4 is 92.0 Å². The molecule has 0 aliphatic carbocycles. The zero-order valence-electron chi connectivity index (χ0n) is 63.6. The number of benzene rings is 6. The summed E-state index contributed by atoms with van der Waals surface area (Å²) in [6, 6.07) is 59.5. The number of aliphatic carboxylic acids is 2. The molecule has 7 N–H and O–H groups in total. The van der Waals surface area contributed by atoms with Gasteiger partial charge >= 0.3 is 77.8 Å². The summed E-state index contributed by atoms with van der Waals surface area (Å²) in [5.41, 5.74) is 18.4. The number of hydrogen-bond acceptors (Lipinski definition) is 26. The first kappa shape index (κ1) is 113. The van der Waals surface area contributed by atoms with Crippen molar-refractivity contribution in [1.82, 2.24) is 15.5 Å². The summed E-state index contributed by atoms with van der Waals surface area (Å²) in [5.74, 6) is -2.82. The van der Waals surface area contributed by atoms with Crippen molar-refractivity contribution in [3.8, 4) is 0 Å². The van der Waals surface area contributed by atoms with Crippen molar-refractivity contribution in [2.24, 2.45) is 17.8 Å². The first-order valence-electron chi connectivity index (χ1n) is 34.3. The van der Waals surface area contributed by atoms with Crippen molar-refractivity contribution in [2.45, 2.75) is 197 Å². The van der Waals surface area contributed by atoms with Gasteiger partial charge in [0.15, 0.2) is 0 Å². The van der Waals surface area contributed by atoms with Gasteiger partial charge in [-0.25, -0.2) is 28.8 Å². The molecule has 113 heavy (non-hydrogen) atoms. The Morgan fingerprint density at radius 3 is 0.938 bits per heavy atom. The Balaban J connectivity index is -0.000000430. The van der Waals surface area contributed by atoms with E-state index in [0.29, 0.717) is 38.0 Å². The van der Waals surface area contributed by atoms with Crippen molar-refractivity contribution in [2.75, 3.05) is 19.6 Å². The number of halogens is 2. The van der Waals surface area contributed by atoms with E-state index < -0.39 is 53.2 Å². The molecule has 3 fully saturated rings. The summed E-state index contributed by atoms with van der Waals surface area (Å²) >= 11 is 4.24. The van der Waals surface area contributed by atoms with Crippen LogP contribution in [-0.4, -0.2) is 124 Å². The predicted octanol–water partition coefficient (Wildman–Crippen LogP) is 13.8. The van der Waals surface area contributed by atoms with E-state index in [4.69, 9.17) is 73.0 Å². The summed E-state index contributed by atoms with van der Waals surface area (Å²) < 4.78 is 35.8. The normalized spacial score (nSPS) is 15.9. The Hall–Kier alpha value is -8.71. The van der Waals surface area contributed by atoms with Crippen LogP contribution >= 0.6 is 37.2 Å². The van der Waals surface area contributed by atoms with Gasteiger partial charge in [0, 0.05) is 43.8 Å². The number of ether oxygens (including phenoxy) is 7. The van der Waals surface area contributed by atoms with Crippen LogP contribution in [0.25, 0.3) is 0 Å². The van der Waals surface area contributed by atoms with Crippen LogP contribution < -0.4 is 45.4 Å². The van der Waals surface area contributed by atoms with Crippen LogP contribution in [0, 0.1) is 49.3 Å². The zero-order valence-corrected chi connectivity index (χ0v) is 70.0. The number of rotatable bonds is 16. The van der Waals surface area contributed by atoms with Gasteiger partial charge in [0.2, 0.25) is 0 Å². The molecule has 0 saturated carbocycles. The topological polar surface area (TPSA) is 441 Å². The van der Waals surface area contributed by atoms with E-state index in [2.05, 4.69) is 135 Å². The molecule has 0 unspecified atom stereocenters. The minimum atomic E-state index is -1.82. The maximum Gasteiger partial charge on any atom is 1.00 e. The number of nitrogens with one attached hydrogen (secondary N) is 5. The summed E-state index contributed by atoms with van der Waals surface area (Å²) in [5, 5.41) is 29.9. The second-order valence-electron chi connectivity index (χ2n) is 27.1. The fourth-order valence-corrected chi connectivity index (χ4v) is 10.5. The number of nitrogens with zero attached hydrogens (tertiary/aromatic N) is 1. The fraction of sp³-hybridized carbons (Fsp3) is 0.444. The first-order chi connectivity index (χ1) is 52.0. The summed E-state index contributed by atoms with van der Waals surface area (Å²) in [7, 11) is 0. The number of carboxylic acids is 2. The molecule has 0 aromatic heterocycles. The molecule has 620 valence electrons. The third-order valence-electron chi connectivity index (χ3n) is 15.1. The smallest absolute Gasteiger partial charge is 0.662 e. The van der Waals surface area contributed by atoms with E-state index in [1.54, 1.807) is 46.4 Å². The SMILES string of the molecule is C.C.C.CC(C)(C)OC(=O)N1C[C@H](Cc2ccccc2)CC[C@H]1C(=O)OCc1ccccc1.CC(C)(C)OC(=O)OC(=O)OC(C)(C)C.II.N=O.N=O.N=O.O=C(O)C(=O)O.O=C(OCc1ccccc1)[C@@H]1CC[C@@H](Cc2ccccc2)CN1.O=C(OCc1ccccc1)[C@@H]1CC[C@@H](Cc2ccccc2)CN1.O=CO[O-].[Na+]. The third-order valence-corrected chi connectivity index (χ3v) is 15.1. The molecule has 9 rings (SSSR count). The van der Waals surface area contributed by atoms with E-state index in [9.17, 15) is 28.8 Å². The number of likely N-dealkylation sites (tertiary alicyclic amines) is 1. The van der Waals surface area contributed by atoms with Crippen molar-refractivity contribution in [3.05, 3.63) is 230 Å². The van der Waals surface area contributed by atoms with Crippen LogP contribution in [-0.2, 0) is 106 Å². The number of hydrogen-bond donors (Lipinski definition) is 7. The average Bonchev–Trinajstić information content (AvgIpc) is 0.873. The van der Waals surface area contributed by atoms with Gasteiger partial charge in [-0.3, -0.25) is 19.3 Å². The Bertz CT molecular complexity index is 3350. The number of nitroso groups, excluding NO2 is 3. The maximum absolute atomic E-state index is 12.9. The van der Waals surface area contributed by atoms with Crippen LogP contribution in [0.4, 0.5) is 14.4 Å². The molecular weight excluding hydrogens is 1700 g/mol. The molecule has 29 nitrogen and oxygen atoms in total. The van der Waals surface area contributed by atoms with Gasteiger partial charge in [-0.1, -0.05) is 221 Å². The van der Waals surface area contributed by atoms with Crippen LogP contribution in [0.15, 0.2) is 182 Å². The average molecular weight is 1820 g/mol. The number of carbonyl (C=O) groups is 9. The monoisotopic (exact) mass is 1810 g/mol. The second-order valence-corrected chi connectivity index (χ2v) is 27.1. The van der Waals surface area contributed by atoms with Gasteiger partial charge in [0.05, 0.1) is 0 Å². The van der Waals surface area contributed by atoms with Gasteiger partial charge < -0.3 is 64.1 Å². The molecule has 3 aliphatic heterocycles. The van der Waals surface area contributed by atoms with Gasteiger partial charge in [-0.15, -0.1) is 0 Å². The molecule has 6 aromatic carbocycles. The molecule has 3 aliphatic rings. The second kappa shape index (κ2) is 65.7. The van der Waals surface area contributed by atoms with E-state index in [-0.39, 0.29) is 101 Å². The Morgan fingerprint density at radius 2 is 0.690 bits per heavy atom. The third kappa shape index (κ3) is 54.6. The van der Waals surface area contributed by atoms with E-state index >= 15 is 0 Å². The number of carboxylic acid groups (broad SMARTS) is 2. The molecule has 0 spiro atoms. The van der Waals surface area contributed by atoms with E-state index in [1.165, 1.54) is 16.7 Å². The van der Waals surface area contributed by atoms with Gasteiger partial charge in [0.25, 0.3) is 6.47 Å². The Kier molecular flexibility index (Phi) is 65.6. The first-order valence-corrected chi connectivity index (χ1v) is 40.6. The number of amides is 1. The minimum Gasteiger partial charge on any atom is -0.662 e. The molecule has 6 aromatic rings. The Labute approximate surface area is 709 Å². The molecular formula is C81H113I2N6NaO23. The van der Waals surface area contributed by atoms with E-state index in [0.717, 1.165) is 81.1 Å². The molecule has 0 radical (unpaired) electrons. The van der Waals surface area contributed by atoms with Crippen LogP contribution in [0.2, 0.25) is 0 Å². The van der Waals surface area contributed by atoms with E-state index in [1.807, 2.05) is 142 Å².